The molecular formula is C19H22N2O3. The molecule has 24 heavy (non-hydrogen) atoms. The fourth-order valence-corrected chi connectivity index (χ4v) is 2.45. The van der Waals surface area contributed by atoms with Gasteiger partial charge in [-0.3, -0.25) is 4.79 Å². The van der Waals surface area contributed by atoms with Crippen molar-refractivity contribution in [1.29, 1.82) is 5.26 Å². The van der Waals surface area contributed by atoms with Crippen molar-refractivity contribution < 1.29 is 9.47 Å². The number of ether oxygens (including phenoxy) is 2. The molecule has 2 aromatic rings. The van der Waals surface area contributed by atoms with Crippen molar-refractivity contribution >= 4 is 0 Å². The number of H-pyrrole nitrogens is 1. The van der Waals surface area contributed by atoms with Gasteiger partial charge in [-0.25, -0.2) is 0 Å². The average Bonchev–Trinajstić information content (AvgIpc) is 2.54. The molecule has 1 aromatic carbocycles. The molecule has 0 aliphatic carbocycles. The molecule has 0 unspecified atom stereocenters. The lowest BCUT2D eigenvalue weighted by Gasteiger charge is -2.16. The van der Waals surface area contributed by atoms with Crippen LogP contribution < -0.4 is 15.0 Å². The van der Waals surface area contributed by atoms with Gasteiger partial charge < -0.3 is 14.5 Å². The number of methoxy groups -OCH3 is 1. The lowest BCUT2D eigenvalue weighted by atomic mass is 9.99. The van der Waals surface area contributed by atoms with E-state index < -0.39 is 5.56 Å². The SMILES string of the molecule is COc1cccc(-c2cc(C)[nH]c(=O)c2C#N)c1OCCC(C)C. The molecule has 0 aliphatic heterocycles. The molecule has 5 nitrogen and oxygen atoms in total. The Labute approximate surface area is 141 Å². The van der Waals surface area contributed by atoms with Crippen LogP contribution in [-0.2, 0) is 0 Å². The topological polar surface area (TPSA) is 75.1 Å². The summed E-state index contributed by atoms with van der Waals surface area (Å²) in [4.78, 5) is 14.7. The van der Waals surface area contributed by atoms with Crippen molar-refractivity contribution in [3.8, 4) is 28.7 Å². The molecule has 0 spiro atoms. The minimum absolute atomic E-state index is 0.0718. The Balaban J connectivity index is 2.59. The number of hydrogen-bond acceptors (Lipinski definition) is 4. The maximum absolute atomic E-state index is 12.1. The zero-order valence-corrected chi connectivity index (χ0v) is 14.5. The van der Waals surface area contributed by atoms with Gasteiger partial charge >= 0.3 is 0 Å². The minimum Gasteiger partial charge on any atom is -0.493 e. The number of nitrogens with one attached hydrogen (secondary N) is 1. The Morgan fingerprint density at radius 2 is 2.04 bits per heavy atom. The number of aryl methyl sites for hydroxylation is 1. The van der Waals surface area contributed by atoms with E-state index in [1.54, 1.807) is 26.2 Å². The van der Waals surface area contributed by atoms with Gasteiger partial charge in [0.1, 0.15) is 11.6 Å². The van der Waals surface area contributed by atoms with Crippen molar-refractivity contribution in [3.63, 3.8) is 0 Å². The molecule has 5 heteroatoms. The predicted octanol–water partition coefficient (Wildman–Crippen LogP) is 3.66. The van der Waals surface area contributed by atoms with Crippen LogP contribution in [0.2, 0.25) is 0 Å². The zero-order chi connectivity index (χ0) is 17.7. The second-order valence-corrected chi connectivity index (χ2v) is 6.05. The summed E-state index contributed by atoms with van der Waals surface area (Å²) in [6.07, 6.45) is 0.900. The number of aromatic nitrogens is 1. The third-order valence-corrected chi connectivity index (χ3v) is 3.71. The highest BCUT2D eigenvalue weighted by Crippen LogP contribution is 2.39. The molecule has 126 valence electrons. The standard InChI is InChI=1S/C19H22N2O3/c1-12(2)8-9-24-18-14(6-5-7-17(18)23-4)15-10-13(3)21-19(22)16(15)11-20/h5-7,10,12H,8-9H2,1-4H3,(H,21,22). The quantitative estimate of drug-likeness (QED) is 0.879. The van der Waals surface area contributed by atoms with E-state index in [0.29, 0.717) is 40.8 Å². The van der Waals surface area contributed by atoms with Gasteiger partial charge in [0, 0.05) is 16.8 Å². The van der Waals surface area contributed by atoms with E-state index in [4.69, 9.17) is 9.47 Å². The summed E-state index contributed by atoms with van der Waals surface area (Å²) in [7, 11) is 1.57. The average molecular weight is 326 g/mol. The number of benzene rings is 1. The summed E-state index contributed by atoms with van der Waals surface area (Å²) < 4.78 is 11.4. The highest BCUT2D eigenvalue weighted by atomic mass is 16.5. The highest BCUT2D eigenvalue weighted by Gasteiger charge is 2.18. The Bertz CT molecular complexity index is 816. The molecule has 1 heterocycles. The van der Waals surface area contributed by atoms with Gasteiger partial charge in [0.25, 0.3) is 5.56 Å². The van der Waals surface area contributed by atoms with Crippen LogP contribution in [0.1, 0.15) is 31.5 Å². The van der Waals surface area contributed by atoms with Crippen molar-refractivity contribution in [3.05, 3.63) is 45.9 Å². The molecule has 1 N–H and O–H groups in total. The molecule has 0 saturated heterocycles. The summed E-state index contributed by atoms with van der Waals surface area (Å²) in [6.45, 7) is 6.57. The lowest BCUT2D eigenvalue weighted by Crippen LogP contribution is -2.13. The maximum atomic E-state index is 12.1. The largest absolute Gasteiger partial charge is 0.493 e. The van der Waals surface area contributed by atoms with Crippen LogP contribution in [0, 0.1) is 24.2 Å². The Morgan fingerprint density at radius 1 is 1.29 bits per heavy atom. The van der Waals surface area contributed by atoms with Gasteiger partial charge in [0.15, 0.2) is 11.5 Å². The van der Waals surface area contributed by atoms with Crippen LogP contribution in [0.25, 0.3) is 11.1 Å². The molecule has 0 saturated carbocycles. The fraction of sp³-hybridized carbons (Fsp3) is 0.368. The molecule has 0 atom stereocenters. The van der Waals surface area contributed by atoms with Crippen molar-refractivity contribution in [1.82, 2.24) is 4.98 Å². The molecule has 0 fully saturated rings. The van der Waals surface area contributed by atoms with Gasteiger partial charge in [0.05, 0.1) is 13.7 Å². The molecule has 0 amide bonds. The number of para-hydroxylation sites is 1. The molecule has 0 radical (unpaired) electrons. The highest BCUT2D eigenvalue weighted by molar-refractivity contribution is 5.78. The van der Waals surface area contributed by atoms with Gasteiger partial charge in [-0.05, 0) is 31.4 Å². The second-order valence-electron chi connectivity index (χ2n) is 6.05. The summed E-state index contributed by atoms with van der Waals surface area (Å²) in [6, 6.07) is 9.23. The molecule has 0 aliphatic rings. The van der Waals surface area contributed by atoms with E-state index in [1.165, 1.54) is 0 Å². The first-order valence-electron chi connectivity index (χ1n) is 7.92. The molecular weight excluding hydrogens is 304 g/mol. The molecule has 2 rings (SSSR count). The third kappa shape index (κ3) is 3.77. The Hall–Kier alpha value is -2.74. The van der Waals surface area contributed by atoms with Crippen LogP contribution in [0.5, 0.6) is 11.5 Å². The van der Waals surface area contributed by atoms with Crippen molar-refractivity contribution in [2.24, 2.45) is 5.92 Å². The number of nitrogens with zero attached hydrogens (tertiary/aromatic N) is 1. The van der Waals surface area contributed by atoms with Gasteiger partial charge in [-0.15, -0.1) is 0 Å². The smallest absolute Gasteiger partial charge is 0.266 e. The van der Waals surface area contributed by atoms with E-state index in [0.717, 1.165) is 6.42 Å². The van der Waals surface area contributed by atoms with E-state index >= 15 is 0 Å². The van der Waals surface area contributed by atoms with Gasteiger partial charge in [0.2, 0.25) is 0 Å². The number of rotatable bonds is 6. The number of pyridine rings is 1. The van der Waals surface area contributed by atoms with E-state index in [9.17, 15) is 10.1 Å². The summed E-state index contributed by atoms with van der Waals surface area (Å²) in [5.74, 6) is 1.65. The summed E-state index contributed by atoms with van der Waals surface area (Å²) in [5.41, 5.74) is 1.59. The first-order valence-corrected chi connectivity index (χ1v) is 7.92. The third-order valence-electron chi connectivity index (χ3n) is 3.71. The summed E-state index contributed by atoms with van der Waals surface area (Å²) >= 11 is 0. The van der Waals surface area contributed by atoms with Gasteiger partial charge in [-0.2, -0.15) is 5.26 Å². The van der Waals surface area contributed by atoms with Crippen molar-refractivity contribution in [2.45, 2.75) is 27.2 Å². The van der Waals surface area contributed by atoms with Crippen LogP contribution in [0.4, 0.5) is 0 Å². The van der Waals surface area contributed by atoms with Gasteiger partial charge in [-0.1, -0.05) is 26.0 Å². The normalized spacial score (nSPS) is 10.5. The van der Waals surface area contributed by atoms with Crippen LogP contribution in [-0.4, -0.2) is 18.7 Å². The zero-order valence-electron chi connectivity index (χ0n) is 14.5. The van der Waals surface area contributed by atoms with E-state index in [1.807, 2.05) is 18.2 Å². The van der Waals surface area contributed by atoms with Crippen LogP contribution in [0.3, 0.4) is 0 Å². The first-order chi connectivity index (χ1) is 11.5. The number of aromatic amines is 1. The van der Waals surface area contributed by atoms with E-state index in [-0.39, 0.29) is 5.56 Å². The maximum Gasteiger partial charge on any atom is 0.266 e. The second kappa shape index (κ2) is 7.69. The van der Waals surface area contributed by atoms with E-state index in [2.05, 4.69) is 18.8 Å². The van der Waals surface area contributed by atoms with Crippen LogP contribution in [0.15, 0.2) is 29.1 Å². The minimum atomic E-state index is -0.400. The number of hydrogen-bond donors (Lipinski definition) is 1. The Kier molecular flexibility index (Phi) is 5.64. The Morgan fingerprint density at radius 3 is 2.67 bits per heavy atom. The first kappa shape index (κ1) is 17.6. The number of nitriles is 1. The fourth-order valence-electron chi connectivity index (χ4n) is 2.45. The van der Waals surface area contributed by atoms with Crippen molar-refractivity contribution in [2.75, 3.05) is 13.7 Å². The van der Waals surface area contributed by atoms with Crippen LogP contribution >= 0.6 is 0 Å². The lowest BCUT2D eigenvalue weighted by molar-refractivity contribution is 0.274. The predicted molar refractivity (Wildman–Crippen MR) is 93.5 cm³/mol. The molecule has 1 aromatic heterocycles. The summed E-state index contributed by atoms with van der Waals surface area (Å²) in [5, 5.41) is 9.38. The monoisotopic (exact) mass is 326 g/mol. The molecule has 0 bridgehead atoms.